The van der Waals surface area contributed by atoms with Crippen LogP contribution in [0.25, 0.3) is 0 Å². The molecule has 0 aliphatic carbocycles. The normalized spacial score (nSPS) is 12.5. The Morgan fingerprint density at radius 2 is 1.40 bits per heavy atom. The van der Waals surface area contributed by atoms with Crippen molar-refractivity contribution in [3.05, 3.63) is 0 Å². The Morgan fingerprint density at radius 3 is 1.53 bits per heavy atom. The minimum absolute atomic E-state index is 0. The Balaban J connectivity index is 0. The summed E-state index contributed by atoms with van der Waals surface area (Å²) in [5, 5.41) is 10.3. The summed E-state index contributed by atoms with van der Waals surface area (Å²) in [4.78, 5) is 10.3. The van der Waals surface area contributed by atoms with E-state index in [0.29, 0.717) is 13.8 Å². The van der Waals surface area contributed by atoms with E-state index in [-0.39, 0.29) is 29.6 Å². The molecule has 0 unspecified atom stereocenters. The fraction of sp³-hybridized carbons (Fsp3) is 0.875. The van der Waals surface area contributed by atoms with E-state index in [2.05, 4.69) is 0 Å². The molecule has 0 radical (unpaired) electrons. The first-order chi connectivity index (χ1) is 6.01. The van der Waals surface area contributed by atoms with Gasteiger partial charge < -0.3 is 9.90 Å². The Hall–Kier alpha value is 0.190. The van der Waals surface area contributed by atoms with Crippen LogP contribution in [0.1, 0.15) is 26.7 Å². The van der Waals surface area contributed by atoms with Crippen molar-refractivity contribution in [3.63, 3.8) is 0 Å². The number of aliphatic carboxylic acids is 1. The number of carboxylic acids is 1. The van der Waals surface area contributed by atoms with Crippen molar-refractivity contribution in [2.75, 3.05) is 0 Å². The third kappa shape index (κ3) is 10.5. The van der Waals surface area contributed by atoms with Crippen molar-refractivity contribution in [1.82, 2.24) is 0 Å². The summed E-state index contributed by atoms with van der Waals surface area (Å²) >= 11 is 0. The Bertz CT molecular complexity index is 194. The van der Waals surface area contributed by atoms with Gasteiger partial charge in [-0.05, 0) is 13.8 Å². The molecular formula is C8H11F4NaO2. The number of hydrogen-bond acceptors (Lipinski definition) is 2. The number of carboxylic acid groups (broad SMARTS) is 1. The molecule has 7 heteroatoms. The first kappa shape index (κ1) is 17.6. The molecule has 2 nitrogen and oxygen atoms in total. The summed E-state index contributed by atoms with van der Waals surface area (Å²) in [6, 6.07) is 0. The largest absolute Gasteiger partial charge is 1.00 e. The minimum Gasteiger partial charge on any atom is -0.550 e. The van der Waals surface area contributed by atoms with Crippen LogP contribution in [0.5, 0.6) is 0 Å². The van der Waals surface area contributed by atoms with Crippen LogP contribution in [0, 0.1) is 5.92 Å². The Labute approximate surface area is 107 Å². The molecule has 84 valence electrons. The van der Waals surface area contributed by atoms with E-state index in [1.165, 1.54) is 0 Å². The topological polar surface area (TPSA) is 40.1 Å². The predicted molar refractivity (Wildman–Crippen MR) is 39.0 cm³/mol. The molecule has 0 saturated carbocycles. The van der Waals surface area contributed by atoms with Crippen LogP contribution in [-0.2, 0) is 4.79 Å². The fourth-order valence-corrected chi connectivity index (χ4v) is 1.10. The summed E-state index contributed by atoms with van der Waals surface area (Å²) in [6.45, 7) is 0.966. The van der Waals surface area contributed by atoms with Gasteiger partial charge in [0.1, 0.15) is 0 Å². The van der Waals surface area contributed by atoms with Crippen molar-refractivity contribution in [1.29, 1.82) is 0 Å². The first-order valence-electron chi connectivity index (χ1n) is 3.98. The third-order valence-corrected chi connectivity index (χ3v) is 1.54. The molecule has 0 amide bonds. The number of alkyl halides is 4. The number of carbonyl (C=O) groups excluding carboxylic acids is 1. The van der Waals surface area contributed by atoms with Crippen LogP contribution in [0.4, 0.5) is 17.6 Å². The predicted octanol–water partition coefficient (Wildman–Crippen LogP) is -1.55. The van der Waals surface area contributed by atoms with Crippen molar-refractivity contribution in [2.24, 2.45) is 5.92 Å². The maximum atomic E-state index is 12.4. The summed E-state index contributed by atoms with van der Waals surface area (Å²) in [5.74, 6) is -10.3. The van der Waals surface area contributed by atoms with E-state index in [4.69, 9.17) is 0 Å². The summed E-state index contributed by atoms with van der Waals surface area (Å²) in [5.41, 5.74) is 0. The second kappa shape index (κ2) is 6.06. The first-order valence-corrected chi connectivity index (χ1v) is 3.98. The van der Waals surface area contributed by atoms with Gasteiger partial charge >= 0.3 is 29.6 Å². The molecular weight excluding hydrogens is 227 g/mol. The average Bonchev–Trinajstić information content (AvgIpc) is 1.78. The zero-order chi connectivity index (χ0) is 11.6. The zero-order valence-corrected chi connectivity index (χ0v) is 10.8. The van der Waals surface area contributed by atoms with Gasteiger partial charge in [0.05, 0.1) is 0 Å². The maximum Gasteiger partial charge on any atom is 1.00 e. The second-order valence-electron chi connectivity index (χ2n) is 3.56. The average molecular weight is 238 g/mol. The molecule has 0 heterocycles. The van der Waals surface area contributed by atoms with Crippen LogP contribution in [0.15, 0.2) is 0 Å². The number of halogens is 4. The molecule has 0 atom stereocenters. The van der Waals surface area contributed by atoms with Gasteiger partial charge in [-0.25, -0.2) is 17.6 Å². The van der Waals surface area contributed by atoms with Gasteiger partial charge in [0, 0.05) is 24.7 Å². The molecule has 0 aromatic carbocycles. The minimum atomic E-state index is -3.28. The van der Waals surface area contributed by atoms with Crippen LogP contribution in [0.2, 0.25) is 0 Å². The molecule has 15 heavy (non-hydrogen) atoms. The van der Waals surface area contributed by atoms with Gasteiger partial charge in [0.25, 0.3) is 0 Å². The van der Waals surface area contributed by atoms with Crippen LogP contribution < -0.4 is 34.7 Å². The van der Waals surface area contributed by atoms with Crippen molar-refractivity contribution < 1.29 is 57.0 Å². The van der Waals surface area contributed by atoms with E-state index >= 15 is 0 Å². The Morgan fingerprint density at radius 1 is 1.13 bits per heavy atom. The molecule has 0 aromatic heterocycles. The van der Waals surface area contributed by atoms with Gasteiger partial charge in [-0.15, -0.1) is 0 Å². The molecule has 0 spiro atoms. The molecule has 0 aliphatic rings. The zero-order valence-electron chi connectivity index (χ0n) is 8.82. The SMILES string of the molecule is CC(F)(F)CC(CC(C)(F)F)C(=O)[O-].[Na+]. The van der Waals surface area contributed by atoms with Gasteiger partial charge in [0.2, 0.25) is 11.8 Å². The van der Waals surface area contributed by atoms with Gasteiger partial charge in [-0.3, -0.25) is 0 Å². The molecule has 0 fully saturated rings. The van der Waals surface area contributed by atoms with Crippen molar-refractivity contribution in [3.8, 4) is 0 Å². The molecule has 0 N–H and O–H groups in total. The van der Waals surface area contributed by atoms with Crippen molar-refractivity contribution >= 4 is 5.97 Å². The molecule has 0 saturated heterocycles. The van der Waals surface area contributed by atoms with Crippen LogP contribution in [0.3, 0.4) is 0 Å². The number of rotatable bonds is 5. The smallest absolute Gasteiger partial charge is 0.550 e. The number of hydrogen-bond donors (Lipinski definition) is 0. The van der Waals surface area contributed by atoms with E-state index in [0.717, 1.165) is 0 Å². The molecule has 0 aliphatic heterocycles. The van der Waals surface area contributed by atoms with Crippen LogP contribution >= 0.6 is 0 Å². The molecule has 0 rings (SSSR count). The number of carbonyl (C=O) groups is 1. The van der Waals surface area contributed by atoms with E-state index in [1.54, 1.807) is 0 Å². The summed E-state index contributed by atoms with van der Waals surface area (Å²) < 4.78 is 49.5. The van der Waals surface area contributed by atoms with E-state index in [9.17, 15) is 27.5 Å². The quantitative estimate of drug-likeness (QED) is 0.429. The fourth-order valence-electron chi connectivity index (χ4n) is 1.10. The standard InChI is InChI=1S/C8H12F4O2.Na/c1-7(9,10)3-5(6(13)14)4-8(2,11)12;/h5H,3-4H2,1-2H3,(H,13,14);/q;+1/p-1. The Kier molecular flexibility index (Phi) is 7.10. The van der Waals surface area contributed by atoms with E-state index in [1.807, 2.05) is 0 Å². The maximum absolute atomic E-state index is 12.4. The van der Waals surface area contributed by atoms with Crippen molar-refractivity contribution in [2.45, 2.75) is 38.5 Å². The van der Waals surface area contributed by atoms with Crippen LogP contribution in [-0.4, -0.2) is 17.8 Å². The second-order valence-corrected chi connectivity index (χ2v) is 3.56. The third-order valence-electron chi connectivity index (χ3n) is 1.54. The summed E-state index contributed by atoms with van der Waals surface area (Å²) in [7, 11) is 0. The molecule has 0 aromatic rings. The molecule has 0 bridgehead atoms. The van der Waals surface area contributed by atoms with Gasteiger partial charge in [-0.2, -0.15) is 0 Å². The van der Waals surface area contributed by atoms with Gasteiger partial charge in [0.15, 0.2) is 0 Å². The van der Waals surface area contributed by atoms with Gasteiger partial charge in [-0.1, -0.05) is 0 Å². The van der Waals surface area contributed by atoms with E-state index < -0.39 is 36.6 Å². The monoisotopic (exact) mass is 238 g/mol. The summed E-state index contributed by atoms with van der Waals surface area (Å²) in [6.07, 6.45) is -2.25.